The summed E-state index contributed by atoms with van der Waals surface area (Å²) in [5, 5.41) is 0.469. The predicted molar refractivity (Wildman–Crippen MR) is 103 cm³/mol. The largest absolute Gasteiger partial charge is 0.299 e. The number of benzene rings is 1. The Bertz CT molecular complexity index is 667. The van der Waals surface area contributed by atoms with Gasteiger partial charge in [0.05, 0.1) is 5.25 Å². The zero-order valence-electron chi connectivity index (χ0n) is 15.2. The van der Waals surface area contributed by atoms with Crippen molar-refractivity contribution in [3.05, 3.63) is 34.9 Å². The van der Waals surface area contributed by atoms with Gasteiger partial charge in [-0.05, 0) is 69.2 Å². The number of piperidine rings is 1. The SMILES string of the molecule is CC(C)S(=O)(=O)N1CCC([C@H]2CCN(Cc3ccc(Cl)cc3)C2)CC1. The van der Waals surface area contributed by atoms with Crippen molar-refractivity contribution in [1.29, 1.82) is 0 Å². The van der Waals surface area contributed by atoms with Gasteiger partial charge in [-0.2, -0.15) is 0 Å². The summed E-state index contributed by atoms with van der Waals surface area (Å²) in [5.74, 6) is 1.37. The maximum absolute atomic E-state index is 12.3. The second-order valence-corrected chi connectivity index (χ2v) is 10.7. The molecule has 2 aliphatic rings. The number of rotatable bonds is 5. The smallest absolute Gasteiger partial charge is 0.216 e. The summed E-state index contributed by atoms with van der Waals surface area (Å²) in [5.41, 5.74) is 1.31. The van der Waals surface area contributed by atoms with Gasteiger partial charge in [0.2, 0.25) is 10.0 Å². The molecule has 0 radical (unpaired) electrons. The number of nitrogens with zero attached hydrogens (tertiary/aromatic N) is 2. The Hall–Kier alpha value is -0.620. The van der Waals surface area contributed by atoms with Gasteiger partial charge in [0.1, 0.15) is 0 Å². The van der Waals surface area contributed by atoms with Crippen molar-refractivity contribution in [2.24, 2.45) is 11.8 Å². The molecule has 25 heavy (non-hydrogen) atoms. The highest BCUT2D eigenvalue weighted by Crippen LogP contribution is 2.33. The minimum absolute atomic E-state index is 0.314. The quantitative estimate of drug-likeness (QED) is 0.778. The molecule has 2 saturated heterocycles. The highest BCUT2D eigenvalue weighted by atomic mass is 35.5. The fourth-order valence-corrected chi connectivity index (χ4v) is 5.58. The summed E-state index contributed by atoms with van der Waals surface area (Å²) in [6, 6.07) is 8.11. The zero-order valence-corrected chi connectivity index (χ0v) is 16.8. The van der Waals surface area contributed by atoms with E-state index in [2.05, 4.69) is 17.0 Å². The molecule has 0 bridgehead atoms. The number of hydrogen-bond donors (Lipinski definition) is 0. The van der Waals surface area contributed by atoms with Crippen LogP contribution in [0.5, 0.6) is 0 Å². The number of hydrogen-bond acceptors (Lipinski definition) is 3. The molecule has 0 N–H and O–H groups in total. The molecule has 0 spiro atoms. The lowest BCUT2D eigenvalue weighted by molar-refractivity contribution is 0.201. The van der Waals surface area contributed by atoms with Gasteiger partial charge in [0, 0.05) is 31.2 Å². The molecule has 1 aromatic carbocycles. The third-order valence-corrected chi connectivity index (χ3v) is 8.28. The number of sulfonamides is 1. The van der Waals surface area contributed by atoms with Crippen LogP contribution in [0.4, 0.5) is 0 Å². The molecule has 6 heteroatoms. The highest BCUT2D eigenvalue weighted by Gasteiger charge is 2.35. The third-order valence-electron chi connectivity index (χ3n) is 5.75. The van der Waals surface area contributed by atoms with Crippen LogP contribution in [-0.4, -0.2) is 49.1 Å². The molecular weight excluding hydrogens is 356 g/mol. The summed E-state index contributed by atoms with van der Waals surface area (Å²) in [4.78, 5) is 2.52. The van der Waals surface area contributed by atoms with Crippen LogP contribution in [0.1, 0.15) is 38.7 Å². The molecule has 0 aromatic heterocycles. The van der Waals surface area contributed by atoms with Crippen LogP contribution in [0, 0.1) is 11.8 Å². The maximum Gasteiger partial charge on any atom is 0.216 e. The summed E-state index contributed by atoms with van der Waals surface area (Å²) >= 11 is 5.96. The van der Waals surface area contributed by atoms with Crippen molar-refractivity contribution >= 4 is 21.6 Å². The Kier molecular flexibility index (Phi) is 6.09. The average molecular weight is 385 g/mol. The van der Waals surface area contributed by atoms with E-state index < -0.39 is 10.0 Å². The van der Waals surface area contributed by atoms with E-state index >= 15 is 0 Å². The van der Waals surface area contributed by atoms with Crippen molar-refractivity contribution in [1.82, 2.24) is 9.21 Å². The second-order valence-electron chi connectivity index (χ2n) is 7.74. The Morgan fingerprint density at radius 1 is 1.04 bits per heavy atom. The van der Waals surface area contributed by atoms with Crippen molar-refractivity contribution < 1.29 is 8.42 Å². The molecule has 3 rings (SSSR count). The minimum Gasteiger partial charge on any atom is -0.299 e. The summed E-state index contributed by atoms with van der Waals surface area (Å²) in [7, 11) is -3.09. The maximum atomic E-state index is 12.3. The molecular formula is C19H29ClN2O2S. The van der Waals surface area contributed by atoms with Crippen molar-refractivity contribution in [3.63, 3.8) is 0 Å². The van der Waals surface area contributed by atoms with Gasteiger partial charge < -0.3 is 0 Å². The summed E-state index contributed by atoms with van der Waals surface area (Å²) < 4.78 is 26.3. The van der Waals surface area contributed by atoms with E-state index in [0.717, 1.165) is 37.5 Å². The molecule has 0 unspecified atom stereocenters. The lowest BCUT2D eigenvalue weighted by Crippen LogP contribution is -2.43. The molecule has 0 aliphatic carbocycles. The van der Waals surface area contributed by atoms with Crippen LogP contribution in [0.3, 0.4) is 0 Å². The molecule has 1 aromatic rings. The Labute approximate surface area is 157 Å². The predicted octanol–water partition coefficient (Wildman–Crippen LogP) is 3.61. The van der Waals surface area contributed by atoms with Gasteiger partial charge >= 0.3 is 0 Å². The zero-order chi connectivity index (χ0) is 18.0. The Balaban J connectivity index is 1.49. The van der Waals surface area contributed by atoms with Crippen LogP contribution < -0.4 is 0 Å². The van der Waals surface area contributed by atoms with Gasteiger partial charge in [0.15, 0.2) is 0 Å². The molecule has 2 fully saturated rings. The minimum atomic E-state index is -3.09. The van der Waals surface area contributed by atoms with Gasteiger partial charge in [-0.1, -0.05) is 23.7 Å². The van der Waals surface area contributed by atoms with Gasteiger partial charge in [-0.3, -0.25) is 4.90 Å². The molecule has 2 heterocycles. The molecule has 0 saturated carbocycles. The summed E-state index contributed by atoms with van der Waals surface area (Å²) in [6.45, 7) is 8.17. The molecule has 140 valence electrons. The van der Waals surface area contributed by atoms with E-state index in [9.17, 15) is 8.42 Å². The highest BCUT2D eigenvalue weighted by molar-refractivity contribution is 7.89. The van der Waals surface area contributed by atoms with E-state index in [1.54, 1.807) is 18.2 Å². The van der Waals surface area contributed by atoms with E-state index in [1.165, 1.54) is 12.0 Å². The normalized spacial score (nSPS) is 24.2. The van der Waals surface area contributed by atoms with Crippen molar-refractivity contribution in [2.45, 2.75) is 44.9 Å². The van der Waals surface area contributed by atoms with E-state index in [-0.39, 0.29) is 5.25 Å². The topological polar surface area (TPSA) is 40.6 Å². The Morgan fingerprint density at radius 2 is 1.64 bits per heavy atom. The fourth-order valence-electron chi connectivity index (χ4n) is 4.14. The van der Waals surface area contributed by atoms with Gasteiger partial charge in [-0.15, -0.1) is 0 Å². The first-order valence-corrected chi connectivity index (χ1v) is 11.2. The van der Waals surface area contributed by atoms with Crippen LogP contribution in [0.2, 0.25) is 5.02 Å². The average Bonchev–Trinajstić information content (AvgIpc) is 3.05. The lowest BCUT2D eigenvalue weighted by atomic mass is 9.84. The first kappa shape index (κ1) is 19.2. The molecule has 1 atom stereocenters. The van der Waals surface area contributed by atoms with Crippen molar-refractivity contribution in [3.8, 4) is 0 Å². The van der Waals surface area contributed by atoms with Crippen LogP contribution in [-0.2, 0) is 16.6 Å². The Morgan fingerprint density at radius 3 is 2.24 bits per heavy atom. The van der Waals surface area contributed by atoms with E-state index in [4.69, 9.17) is 11.6 Å². The van der Waals surface area contributed by atoms with Gasteiger partial charge in [-0.25, -0.2) is 12.7 Å². The monoisotopic (exact) mass is 384 g/mol. The van der Waals surface area contributed by atoms with Crippen LogP contribution in [0.15, 0.2) is 24.3 Å². The number of halogens is 1. The molecule has 0 amide bonds. The standard InChI is InChI=1S/C19H29ClN2O2S/c1-15(2)25(23,24)22-11-8-17(9-12-22)18-7-10-21(14-18)13-16-3-5-19(20)6-4-16/h3-6,15,17-18H,7-14H2,1-2H3/t18-/m0/s1. The lowest BCUT2D eigenvalue weighted by Gasteiger charge is -2.35. The summed E-state index contributed by atoms with van der Waals surface area (Å²) in [6.07, 6.45) is 3.24. The fraction of sp³-hybridized carbons (Fsp3) is 0.684. The number of likely N-dealkylation sites (tertiary alicyclic amines) is 1. The van der Waals surface area contributed by atoms with Crippen LogP contribution in [0.25, 0.3) is 0 Å². The van der Waals surface area contributed by atoms with E-state index in [1.807, 2.05) is 12.1 Å². The second kappa shape index (κ2) is 7.95. The van der Waals surface area contributed by atoms with Gasteiger partial charge in [0.25, 0.3) is 0 Å². The first-order valence-electron chi connectivity index (χ1n) is 9.32. The molecule has 2 aliphatic heterocycles. The van der Waals surface area contributed by atoms with Crippen LogP contribution >= 0.6 is 11.6 Å². The van der Waals surface area contributed by atoms with Crippen molar-refractivity contribution in [2.75, 3.05) is 26.2 Å². The molecule has 4 nitrogen and oxygen atoms in total. The third kappa shape index (κ3) is 4.57. The van der Waals surface area contributed by atoms with E-state index in [0.29, 0.717) is 24.9 Å². The first-order chi connectivity index (χ1) is 11.9.